The fourth-order valence-corrected chi connectivity index (χ4v) is 2.03. The van der Waals surface area contributed by atoms with E-state index in [1.807, 2.05) is 38.1 Å². The van der Waals surface area contributed by atoms with Gasteiger partial charge in [0.2, 0.25) is 5.91 Å². The first-order valence-corrected chi connectivity index (χ1v) is 6.40. The van der Waals surface area contributed by atoms with Gasteiger partial charge in [0.05, 0.1) is 18.2 Å². The lowest BCUT2D eigenvalue weighted by atomic mass is 10.0. The van der Waals surface area contributed by atoms with Crippen LogP contribution in [0, 0.1) is 5.92 Å². The molecule has 2 unspecified atom stereocenters. The molecule has 0 radical (unpaired) electrons. The molecule has 1 aromatic rings. The molecule has 0 aromatic heterocycles. The summed E-state index contributed by atoms with van der Waals surface area (Å²) in [6.07, 6.45) is 0.839. The van der Waals surface area contributed by atoms with Gasteiger partial charge in [0.1, 0.15) is 5.75 Å². The Morgan fingerprint density at radius 2 is 2.11 bits per heavy atom. The Morgan fingerprint density at radius 3 is 2.83 bits per heavy atom. The summed E-state index contributed by atoms with van der Waals surface area (Å²) >= 11 is 0. The van der Waals surface area contributed by atoms with Gasteiger partial charge in [0.15, 0.2) is 0 Å². The number of fused-ring (bicyclic) bond motifs is 1. The third kappa shape index (κ3) is 2.48. The summed E-state index contributed by atoms with van der Waals surface area (Å²) in [6, 6.07) is 7.52. The minimum atomic E-state index is -0.184. The highest BCUT2D eigenvalue weighted by molar-refractivity contribution is 5.96. The van der Waals surface area contributed by atoms with E-state index < -0.39 is 0 Å². The van der Waals surface area contributed by atoms with Crippen LogP contribution in [0.2, 0.25) is 0 Å². The maximum absolute atomic E-state index is 12.4. The summed E-state index contributed by atoms with van der Waals surface area (Å²) in [5.41, 5.74) is 6.68. The molecule has 1 aliphatic rings. The zero-order valence-corrected chi connectivity index (χ0v) is 10.9. The standard InChI is InChI=1S/C14H20N2O2/c1-10(11(2)15)14(17)16-8-5-9-18-13-7-4-3-6-12(13)16/h3-4,6-7,10-11H,5,8-9,15H2,1-2H3. The SMILES string of the molecule is CC(N)C(C)C(=O)N1CCCOc2ccccc21. The second kappa shape index (κ2) is 5.40. The van der Waals surface area contributed by atoms with Crippen molar-refractivity contribution in [2.45, 2.75) is 26.3 Å². The number of hydrogen-bond acceptors (Lipinski definition) is 3. The van der Waals surface area contributed by atoms with Crippen LogP contribution in [0.4, 0.5) is 5.69 Å². The second-order valence-corrected chi connectivity index (χ2v) is 4.81. The fraction of sp³-hybridized carbons (Fsp3) is 0.500. The van der Waals surface area contributed by atoms with E-state index >= 15 is 0 Å². The maximum Gasteiger partial charge on any atom is 0.231 e. The van der Waals surface area contributed by atoms with Gasteiger partial charge in [0.25, 0.3) is 0 Å². The molecule has 2 N–H and O–H groups in total. The molecule has 0 aliphatic carbocycles. The number of carbonyl (C=O) groups excluding carboxylic acids is 1. The van der Waals surface area contributed by atoms with Gasteiger partial charge in [-0.2, -0.15) is 0 Å². The molecule has 1 aromatic carbocycles. The van der Waals surface area contributed by atoms with Gasteiger partial charge in [0, 0.05) is 12.6 Å². The number of amides is 1. The Labute approximate surface area is 108 Å². The van der Waals surface area contributed by atoms with Crippen molar-refractivity contribution in [3.8, 4) is 5.75 Å². The molecule has 1 heterocycles. The topological polar surface area (TPSA) is 55.6 Å². The Morgan fingerprint density at radius 1 is 1.39 bits per heavy atom. The van der Waals surface area contributed by atoms with Crippen molar-refractivity contribution >= 4 is 11.6 Å². The van der Waals surface area contributed by atoms with Crippen LogP contribution >= 0.6 is 0 Å². The first kappa shape index (κ1) is 12.9. The van der Waals surface area contributed by atoms with Crippen molar-refractivity contribution in [2.24, 2.45) is 11.7 Å². The van der Waals surface area contributed by atoms with E-state index in [0.29, 0.717) is 13.2 Å². The Bertz CT molecular complexity index is 432. The number of ether oxygens (including phenoxy) is 1. The minimum absolute atomic E-state index is 0.0722. The molecule has 0 fully saturated rings. The lowest BCUT2D eigenvalue weighted by molar-refractivity contribution is -0.122. The van der Waals surface area contributed by atoms with E-state index in [1.165, 1.54) is 0 Å². The van der Waals surface area contributed by atoms with Crippen LogP contribution in [0.1, 0.15) is 20.3 Å². The number of benzene rings is 1. The highest BCUT2D eigenvalue weighted by atomic mass is 16.5. The molecule has 1 amide bonds. The Hall–Kier alpha value is -1.55. The quantitative estimate of drug-likeness (QED) is 0.868. The van der Waals surface area contributed by atoms with Crippen molar-refractivity contribution in [3.63, 3.8) is 0 Å². The molecular formula is C14H20N2O2. The van der Waals surface area contributed by atoms with Gasteiger partial charge >= 0.3 is 0 Å². The molecular weight excluding hydrogens is 228 g/mol. The molecule has 4 nitrogen and oxygen atoms in total. The molecule has 2 rings (SSSR count). The van der Waals surface area contributed by atoms with E-state index in [4.69, 9.17) is 10.5 Å². The van der Waals surface area contributed by atoms with Crippen molar-refractivity contribution < 1.29 is 9.53 Å². The van der Waals surface area contributed by atoms with Crippen LogP contribution in [0.25, 0.3) is 0 Å². The van der Waals surface area contributed by atoms with Gasteiger partial charge in [-0.05, 0) is 25.5 Å². The minimum Gasteiger partial charge on any atom is -0.491 e. The van der Waals surface area contributed by atoms with E-state index in [2.05, 4.69) is 0 Å². The number of hydrogen-bond donors (Lipinski definition) is 1. The average molecular weight is 248 g/mol. The summed E-state index contributed by atoms with van der Waals surface area (Å²) in [5.74, 6) is 0.666. The molecule has 0 saturated carbocycles. The predicted octanol–water partition coefficient (Wildman–Crippen LogP) is 1.79. The number of carbonyl (C=O) groups is 1. The van der Waals surface area contributed by atoms with Crippen LogP contribution in [-0.4, -0.2) is 25.1 Å². The molecule has 0 saturated heterocycles. The third-order valence-corrected chi connectivity index (χ3v) is 3.38. The van der Waals surface area contributed by atoms with E-state index in [0.717, 1.165) is 17.9 Å². The number of nitrogens with two attached hydrogens (primary N) is 1. The largest absolute Gasteiger partial charge is 0.491 e. The summed E-state index contributed by atoms with van der Waals surface area (Å²) in [4.78, 5) is 14.2. The molecule has 0 spiro atoms. The maximum atomic E-state index is 12.4. The predicted molar refractivity (Wildman–Crippen MR) is 71.7 cm³/mol. The first-order valence-electron chi connectivity index (χ1n) is 6.40. The van der Waals surface area contributed by atoms with Gasteiger partial charge in [-0.3, -0.25) is 4.79 Å². The van der Waals surface area contributed by atoms with Crippen LogP contribution in [0.15, 0.2) is 24.3 Å². The molecule has 1 aliphatic heterocycles. The molecule has 2 atom stereocenters. The van der Waals surface area contributed by atoms with Crippen molar-refractivity contribution in [1.29, 1.82) is 0 Å². The zero-order valence-electron chi connectivity index (χ0n) is 10.9. The van der Waals surface area contributed by atoms with E-state index in [-0.39, 0.29) is 17.9 Å². The molecule has 18 heavy (non-hydrogen) atoms. The van der Waals surface area contributed by atoms with Crippen LogP contribution in [-0.2, 0) is 4.79 Å². The average Bonchev–Trinajstić information content (AvgIpc) is 2.59. The van der Waals surface area contributed by atoms with Gasteiger partial charge in [-0.15, -0.1) is 0 Å². The van der Waals surface area contributed by atoms with Gasteiger partial charge < -0.3 is 15.4 Å². The number of rotatable bonds is 2. The van der Waals surface area contributed by atoms with Crippen molar-refractivity contribution in [1.82, 2.24) is 0 Å². The van der Waals surface area contributed by atoms with Crippen molar-refractivity contribution in [3.05, 3.63) is 24.3 Å². The summed E-state index contributed by atoms with van der Waals surface area (Å²) < 4.78 is 5.64. The van der Waals surface area contributed by atoms with Crippen LogP contribution in [0.3, 0.4) is 0 Å². The summed E-state index contributed by atoms with van der Waals surface area (Å²) in [6.45, 7) is 5.07. The van der Waals surface area contributed by atoms with Crippen molar-refractivity contribution in [2.75, 3.05) is 18.1 Å². The number of anilines is 1. The molecule has 0 bridgehead atoms. The second-order valence-electron chi connectivity index (χ2n) is 4.81. The summed E-state index contributed by atoms with van der Waals surface area (Å²) in [7, 11) is 0. The fourth-order valence-electron chi connectivity index (χ4n) is 2.03. The highest BCUT2D eigenvalue weighted by Crippen LogP contribution is 2.31. The van der Waals surface area contributed by atoms with Gasteiger partial charge in [-0.25, -0.2) is 0 Å². The number of nitrogens with zero attached hydrogens (tertiary/aromatic N) is 1. The third-order valence-electron chi connectivity index (χ3n) is 3.38. The Kier molecular flexibility index (Phi) is 3.87. The monoisotopic (exact) mass is 248 g/mol. The summed E-state index contributed by atoms with van der Waals surface area (Å²) in [5, 5.41) is 0. The van der Waals surface area contributed by atoms with E-state index in [1.54, 1.807) is 4.90 Å². The van der Waals surface area contributed by atoms with E-state index in [9.17, 15) is 4.79 Å². The lowest BCUT2D eigenvalue weighted by Crippen LogP contribution is -2.42. The highest BCUT2D eigenvalue weighted by Gasteiger charge is 2.27. The first-order chi connectivity index (χ1) is 8.61. The molecule has 98 valence electrons. The zero-order chi connectivity index (χ0) is 13.1. The van der Waals surface area contributed by atoms with Gasteiger partial charge in [-0.1, -0.05) is 19.1 Å². The lowest BCUT2D eigenvalue weighted by Gasteiger charge is -2.26. The normalized spacial score (nSPS) is 18.3. The number of para-hydroxylation sites is 2. The van der Waals surface area contributed by atoms with Crippen LogP contribution < -0.4 is 15.4 Å². The Balaban J connectivity index is 2.30. The van der Waals surface area contributed by atoms with Crippen LogP contribution in [0.5, 0.6) is 5.75 Å². The molecule has 4 heteroatoms. The smallest absolute Gasteiger partial charge is 0.231 e.